The van der Waals surface area contributed by atoms with Crippen molar-refractivity contribution in [3.8, 4) is 0 Å². The molecule has 0 saturated heterocycles. The maximum atomic E-state index is 11.5. The summed E-state index contributed by atoms with van der Waals surface area (Å²) < 4.78 is 0. The summed E-state index contributed by atoms with van der Waals surface area (Å²) in [6.07, 6.45) is 0.968. The Kier molecular flexibility index (Phi) is 3.73. The molecule has 0 atom stereocenters. The molecule has 0 fully saturated rings. The molecule has 5 heteroatoms. The van der Waals surface area contributed by atoms with Gasteiger partial charge in [-0.25, -0.2) is 0 Å². The average Bonchev–Trinajstić information content (AvgIpc) is 2.65. The number of carbonyl (C=O) groups excluding carboxylic acids is 1. The fraction of sp³-hybridized carbons (Fsp3) is 0.231. The Morgan fingerprint density at radius 2 is 2.06 bits per heavy atom. The van der Waals surface area contributed by atoms with E-state index in [1.165, 1.54) is 6.92 Å². The molecule has 94 valence electrons. The fourth-order valence-corrected chi connectivity index (χ4v) is 2.21. The van der Waals surface area contributed by atoms with Crippen LogP contribution in [-0.2, 0) is 4.79 Å². The van der Waals surface area contributed by atoms with Crippen LogP contribution in [0.1, 0.15) is 19.8 Å². The van der Waals surface area contributed by atoms with E-state index in [-0.39, 0.29) is 11.5 Å². The summed E-state index contributed by atoms with van der Waals surface area (Å²) in [4.78, 5) is 15.8. The summed E-state index contributed by atoms with van der Waals surface area (Å²) in [5.41, 5.74) is 1.36. The van der Waals surface area contributed by atoms with Crippen LogP contribution in [0.15, 0.2) is 34.5 Å². The third-order valence-corrected chi connectivity index (χ3v) is 3.25. The van der Waals surface area contributed by atoms with E-state index < -0.39 is 0 Å². The van der Waals surface area contributed by atoms with Crippen LogP contribution in [0, 0.1) is 0 Å². The van der Waals surface area contributed by atoms with E-state index in [9.17, 15) is 9.90 Å². The topological polar surface area (TPSA) is 49.7 Å². The van der Waals surface area contributed by atoms with E-state index in [0.717, 1.165) is 0 Å². The Hall–Kier alpha value is -1.32. The minimum absolute atomic E-state index is 0.0967. The van der Waals surface area contributed by atoms with Gasteiger partial charge in [-0.2, -0.15) is 0 Å². The predicted octanol–water partition coefficient (Wildman–Crippen LogP) is 4.26. The number of ketones is 1. The maximum absolute atomic E-state index is 11.5. The first-order valence-corrected chi connectivity index (χ1v) is 6.20. The lowest BCUT2D eigenvalue weighted by molar-refractivity contribution is -0.113. The molecule has 0 aromatic heterocycles. The lowest BCUT2D eigenvalue weighted by Crippen LogP contribution is -2.06. The van der Waals surface area contributed by atoms with Crippen LogP contribution < -0.4 is 0 Å². The van der Waals surface area contributed by atoms with E-state index in [4.69, 9.17) is 23.2 Å². The van der Waals surface area contributed by atoms with Gasteiger partial charge in [-0.05, 0) is 31.5 Å². The van der Waals surface area contributed by atoms with Crippen molar-refractivity contribution in [3.05, 3.63) is 39.6 Å². The van der Waals surface area contributed by atoms with E-state index in [2.05, 4.69) is 4.99 Å². The van der Waals surface area contributed by atoms with Crippen LogP contribution in [-0.4, -0.2) is 16.6 Å². The normalized spacial score (nSPS) is 17.6. The molecule has 1 aromatic rings. The van der Waals surface area contributed by atoms with Crippen molar-refractivity contribution in [2.75, 3.05) is 0 Å². The van der Waals surface area contributed by atoms with Crippen LogP contribution in [0.25, 0.3) is 0 Å². The average molecular weight is 284 g/mol. The summed E-state index contributed by atoms with van der Waals surface area (Å²) >= 11 is 11.9. The van der Waals surface area contributed by atoms with E-state index >= 15 is 0 Å². The highest BCUT2D eigenvalue weighted by Crippen LogP contribution is 2.31. The molecule has 0 aliphatic heterocycles. The van der Waals surface area contributed by atoms with E-state index in [0.29, 0.717) is 39.9 Å². The summed E-state index contributed by atoms with van der Waals surface area (Å²) in [7, 11) is 0. The summed E-state index contributed by atoms with van der Waals surface area (Å²) in [6, 6.07) is 4.95. The standard InChI is InChI=1S/C13H11Cl2NO2/c1-7(17)13-10(4-5-12(13)18)16-11-6-8(14)2-3-9(11)15/h2-3,6,18H,4-5H2,1H3. The Labute approximate surface area is 115 Å². The zero-order valence-electron chi connectivity index (χ0n) is 9.70. The number of aliphatic hydroxyl groups is 1. The van der Waals surface area contributed by atoms with Gasteiger partial charge >= 0.3 is 0 Å². The van der Waals surface area contributed by atoms with Crippen molar-refractivity contribution in [1.82, 2.24) is 0 Å². The van der Waals surface area contributed by atoms with Gasteiger partial charge in [0.15, 0.2) is 5.78 Å². The number of carbonyl (C=O) groups is 1. The maximum Gasteiger partial charge on any atom is 0.165 e. The SMILES string of the molecule is CC(=O)C1=C(O)CCC1=Nc1cc(Cl)ccc1Cl. The number of aliphatic hydroxyl groups excluding tert-OH is 1. The van der Waals surface area contributed by atoms with Crippen LogP contribution in [0.4, 0.5) is 5.69 Å². The first-order chi connectivity index (χ1) is 8.49. The molecule has 1 aliphatic carbocycles. The lowest BCUT2D eigenvalue weighted by atomic mass is 10.1. The van der Waals surface area contributed by atoms with Gasteiger partial charge in [-0.3, -0.25) is 9.79 Å². The first kappa shape index (κ1) is 13.1. The second kappa shape index (κ2) is 5.12. The number of rotatable bonds is 2. The van der Waals surface area contributed by atoms with E-state index in [1.54, 1.807) is 18.2 Å². The van der Waals surface area contributed by atoms with Crippen molar-refractivity contribution in [3.63, 3.8) is 0 Å². The van der Waals surface area contributed by atoms with Gasteiger partial charge in [0.05, 0.1) is 22.0 Å². The minimum Gasteiger partial charge on any atom is -0.511 e. The molecule has 3 nitrogen and oxygen atoms in total. The molecule has 0 amide bonds. The zero-order chi connectivity index (χ0) is 13.3. The van der Waals surface area contributed by atoms with Gasteiger partial charge in [-0.1, -0.05) is 23.2 Å². The summed E-state index contributed by atoms with van der Waals surface area (Å²) in [5, 5.41) is 10.6. The molecule has 18 heavy (non-hydrogen) atoms. The third kappa shape index (κ3) is 2.57. The molecule has 0 spiro atoms. The predicted molar refractivity (Wildman–Crippen MR) is 73.1 cm³/mol. The van der Waals surface area contributed by atoms with Crippen LogP contribution in [0.3, 0.4) is 0 Å². The number of aliphatic imine (C=N–C) groups is 1. The monoisotopic (exact) mass is 283 g/mol. The molecule has 0 heterocycles. The molecule has 1 aromatic carbocycles. The van der Waals surface area contributed by atoms with E-state index in [1.807, 2.05) is 0 Å². The second-order valence-electron chi connectivity index (χ2n) is 4.03. The quantitative estimate of drug-likeness (QED) is 0.882. The smallest absolute Gasteiger partial charge is 0.165 e. The molecule has 0 radical (unpaired) electrons. The van der Waals surface area contributed by atoms with Crippen molar-refractivity contribution in [2.45, 2.75) is 19.8 Å². The van der Waals surface area contributed by atoms with Gasteiger partial charge in [0, 0.05) is 11.4 Å². The van der Waals surface area contributed by atoms with Crippen LogP contribution >= 0.6 is 23.2 Å². The number of benzene rings is 1. The Morgan fingerprint density at radius 3 is 2.72 bits per heavy atom. The van der Waals surface area contributed by atoms with Gasteiger partial charge < -0.3 is 5.11 Å². The van der Waals surface area contributed by atoms with Crippen LogP contribution in [0.5, 0.6) is 0 Å². The molecular weight excluding hydrogens is 273 g/mol. The number of hydrogen-bond donors (Lipinski definition) is 1. The molecule has 1 aliphatic rings. The Morgan fingerprint density at radius 1 is 1.33 bits per heavy atom. The zero-order valence-corrected chi connectivity index (χ0v) is 11.2. The third-order valence-electron chi connectivity index (χ3n) is 2.69. The summed E-state index contributed by atoms with van der Waals surface area (Å²) in [6.45, 7) is 1.41. The minimum atomic E-state index is -0.193. The number of hydrogen-bond acceptors (Lipinski definition) is 3. The highest BCUT2D eigenvalue weighted by Gasteiger charge is 2.24. The molecular formula is C13H11Cl2NO2. The molecule has 0 saturated carbocycles. The van der Waals surface area contributed by atoms with Crippen molar-refractivity contribution >= 4 is 40.4 Å². The van der Waals surface area contributed by atoms with Crippen molar-refractivity contribution < 1.29 is 9.90 Å². The van der Waals surface area contributed by atoms with Gasteiger partial charge in [0.2, 0.25) is 0 Å². The largest absolute Gasteiger partial charge is 0.511 e. The van der Waals surface area contributed by atoms with Gasteiger partial charge in [-0.15, -0.1) is 0 Å². The number of Topliss-reactive ketones (excluding diaryl/α,β-unsaturated/α-hetero) is 1. The number of allylic oxidation sites excluding steroid dienone is 2. The van der Waals surface area contributed by atoms with Gasteiger partial charge in [0.25, 0.3) is 0 Å². The lowest BCUT2D eigenvalue weighted by Gasteiger charge is -2.03. The number of halogens is 2. The molecule has 1 N–H and O–H groups in total. The Bertz CT molecular complexity index is 576. The number of nitrogens with zero attached hydrogens (tertiary/aromatic N) is 1. The molecule has 0 bridgehead atoms. The molecule has 2 rings (SSSR count). The first-order valence-electron chi connectivity index (χ1n) is 5.45. The van der Waals surface area contributed by atoms with Crippen molar-refractivity contribution in [1.29, 1.82) is 0 Å². The molecule has 0 unspecified atom stereocenters. The highest BCUT2D eigenvalue weighted by atomic mass is 35.5. The Balaban J connectivity index is 2.46. The highest BCUT2D eigenvalue weighted by molar-refractivity contribution is 6.35. The summed E-state index contributed by atoms with van der Waals surface area (Å²) in [5.74, 6) is -0.0960. The van der Waals surface area contributed by atoms with Crippen molar-refractivity contribution in [2.24, 2.45) is 4.99 Å². The fourth-order valence-electron chi connectivity index (χ4n) is 1.89. The van der Waals surface area contributed by atoms with Gasteiger partial charge in [0.1, 0.15) is 5.76 Å². The van der Waals surface area contributed by atoms with Crippen LogP contribution in [0.2, 0.25) is 10.0 Å². The second-order valence-corrected chi connectivity index (χ2v) is 4.88.